The average Bonchev–Trinajstić information content (AvgIpc) is 3.22. The van der Waals surface area contributed by atoms with E-state index in [1.807, 2.05) is 23.1 Å². The summed E-state index contributed by atoms with van der Waals surface area (Å²) in [5.41, 5.74) is 0. The second-order valence-electron chi connectivity index (χ2n) is 6.41. The van der Waals surface area contributed by atoms with Gasteiger partial charge in [0, 0.05) is 32.0 Å². The Morgan fingerprint density at radius 2 is 2.41 bits per heavy atom. The van der Waals surface area contributed by atoms with Crippen LogP contribution in [0.15, 0.2) is 23.5 Å². The van der Waals surface area contributed by atoms with Gasteiger partial charge in [-0.3, -0.25) is 9.67 Å². The summed E-state index contributed by atoms with van der Waals surface area (Å²) in [6.45, 7) is 6.86. The second kappa shape index (κ2) is 7.13. The lowest BCUT2D eigenvalue weighted by atomic mass is 9.96. The van der Waals surface area contributed by atoms with E-state index in [1.54, 1.807) is 0 Å². The van der Waals surface area contributed by atoms with E-state index in [0.29, 0.717) is 24.2 Å². The van der Waals surface area contributed by atoms with Gasteiger partial charge in [-0.2, -0.15) is 5.10 Å². The van der Waals surface area contributed by atoms with Gasteiger partial charge in [0.2, 0.25) is 0 Å². The molecule has 6 heteroatoms. The zero-order chi connectivity index (χ0) is 15.4. The SMILES string of the molecule is CCNC(=NCC(C)Cn1cccn1)NC1CC2CCC1O2. The Morgan fingerprint density at radius 3 is 3.05 bits per heavy atom. The lowest BCUT2D eigenvalue weighted by molar-refractivity contribution is 0.0992. The van der Waals surface area contributed by atoms with Gasteiger partial charge in [-0.15, -0.1) is 0 Å². The van der Waals surface area contributed by atoms with E-state index in [9.17, 15) is 0 Å². The van der Waals surface area contributed by atoms with Gasteiger partial charge < -0.3 is 15.4 Å². The van der Waals surface area contributed by atoms with Crippen LogP contribution in [-0.4, -0.2) is 47.1 Å². The molecule has 0 radical (unpaired) electrons. The number of aliphatic imine (C=N–C) groups is 1. The highest BCUT2D eigenvalue weighted by molar-refractivity contribution is 5.80. The van der Waals surface area contributed by atoms with Gasteiger partial charge in [0.05, 0.1) is 18.2 Å². The van der Waals surface area contributed by atoms with Crippen molar-refractivity contribution in [2.75, 3.05) is 13.1 Å². The van der Waals surface area contributed by atoms with E-state index in [4.69, 9.17) is 9.73 Å². The van der Waals surface area contributed by atoms with Crippen molar-refractivity contribution in [2.24, 2.45) is 10.9 Å². The summed E-state index contributed by atoms with van der Waals surface area (Å²) < 4.78 is 7.87. The first-order valence-corrected chi connectivity index (χ1v) is 8.42. The summed E-state index contributed by atoms with van der Waals surface area (Å²) in [4.78, 5) is 4.74. The van der Waals surface area contributed by atoms with E-state index in [-0.39, 0.29) is 0 Å². The molecular formula is C16H27N5O. The van der Waals surface area contributed by atoms with Crippen LogP contribution in [0, 0.1) is 5.92 Å². The molecule has 2 fully saturated rings. The van der Waals surface area contributed by atoms with Crippen molar-refractivity contribution in [2.45, 2.75) is 57.9 Å². The van der Waals surface area contributed by atoms with Crippen molar-refractivity contribution in [3.05, 3.63) is 18.5 Å². The standard InChI is InChI=1S/C16H27N5O/c1-3-17-16(20-14-9-13-5-6-15(14)22-13)18-10-12(2)11-21-8-4-7-19-21/h4,7-8,12-15H,3,5-6,9-11H2,1-2H3,(H2,17,18,20). The third-order valence-electron chi connectivity index (χ3n) is 4.39. The Kier molecular flexibility index (Phi) is 4.97. The maximum Gasteiger partial charge on any atom is 0.191 e. The summed E-state index contributed by atoms with van der Waals surface area (Å²) in [5, 5.41) is 11.1. The Bertz CT molecular complexity index is 487. The lowest BCUT2D eigenvalue weighted by Gasteiger charge is -2.23. The average molecular weight is 305 g/mol. The van der Waals surface area contributed by atoms with Crippen LogP contribution in [-0.2, 0) is 11.3 Å². The summed E-state index contributed by atoms with van der Waals surface area (Å²) in [7, 11) is 0. The van der Waals surface area contributed by atoms with Crippen LogP contribution < -0.4 is 10.6 Å². The van der Waals surface area contributed by atoms with Gasteiger partial charge in [-0.1, -0.05) is 6.92 Å². The lowest BCUT2D eigenvalue weighted by Crippen LogP contribution is -2.47. The molecule has 122 valence electrons. The highest BCUT2D eigenvalue weighted by Crippen LogP contribution is 2.34. The molecule has 4 atom stereocenters. The number of aromatic nitrogens is 2. The quantitative estimate of drug-likeness (QED) is 0.616. The zero-order valence-corrected chi connectivity index (χ0v) is 13.5. The summed E-state index contributed by atoms with van der Waals surface area (Å²) in [6, 6.07) is 2.37. The van der Waals surface area contributed by atoms with E-state index >= 15 is 0 Å². The maximum absolute atomic E-state index is 5.90. The molecule has 2 aliphatic rings. The second-order valence-corrected chi connectivity index (χ2v) is 6.41. The van der Waals surface area contributed by atoms with Crippen molar-refractivity contribution in [1.82, 2.24) is 20.4 Å². The smallest absolute Gasteiger partial charge is 0.191 e. The molecule has 0 aromatic carbocycles. The van der Waals surface area contributed by atoms with E-state index < -0.39 is 0 Å². The first-order valence-electron chi connectivity index (χ1n) is 8.42. The third kappa shape index (κ3) is 3.80. The van der Waals surface area contributed by atoms with Crippen molar-refractivity contribution < 1.29 is 4.74 Å². The number of ether oxygens (including phenoxy) is 1. The monoisotopic (exact) mass is 305 g/mol. The molecule has 0 saturated carbocycles. The van der Waals surface area contributed by atoms with E-state index in [1.165, 1.54) is 12.8 Å². The molecule has 1 aromatic heterocycles. The summed E-state index contributed by atoms with van der Waals surface area (Å²) >= 11 is 0. The highest BCUT2D eigenvalue weighted by Gasteiger charge is 2.41. The number of guanidine groups is 1. The van der Waals surface area contributed by atoms with Crippen molar-refractivity contribution in [1.29, 1.82) is 0 Å². The van der Waals surface area contributed by atoms with Crippen LogP contribution in [0.25, 0.3) is 0 Å². The van der Waals surface area contributed by atoms with Gasteiger partial charge in [-0.25, -0.2) is 0 Å². The highest BCUT2D eigenvalue weighted by atomic mass is 16.5. The first kappa shape index (κ1) is 15.3. The van der Waals surface area contributed by atoms with Gasteiger partial charge in [0.25, 0.3) is 0 Å². The fourth-order valence-electron chi connectivity index (χ4n) is 3.32. The van der Waals surface area contributed by atoms with Gasteiger partial charge >= 0.3 is 0 Å². The van der Waals surface area contributed by atoms with E-state index in [0.717, 1.165) is 32.0 Å². The number of nitrogens with one attached hydrogen (secondary N) is 2. The van der Waals surface area contributed by atoms with Gasteiger partial charge in [-0.05, 0) is 38.2 Å². The Balaban J connectivity index is 1.51. The number of hydrogen-bond acceptors (Lipinski definition) is 3. The van der Waals surface area contributed by atoms with E-state index in [2.05, 4.69) is 29.6 Å². The Morgan fingerprint density at radius 1 is 1.50 bits per heavy atom. The number of rotatable bonds is 6. The largest absolute Gasteiger partial charge is 0.373 e. The molecule has 2 aliphatic heterocycles. The summed E-state index contributed by atoms with van der Waals surface area (Å²) in [6.07, 6.45) is 8.15. The molecule has 6 nitrogen and oxygen atoms in total. The molecule has 2 bridgehead atoms. The molecule has 0 spiro atoms. The summed E-state index contributed by atoms with van der Waals surface area (Å²) in [5.74, 6) is 1.36. The molecule has 2 N–H and O–H groups in total. The van der Waals surface area contributed by atoms with Crippen LogP contribution >= 0.6 is 0 Å². The number of fused-ring (bicyclic) bond motifs is 2. The topological polar surface area (TPSA) is 63.5 Å². The fraction of sp³-hybridized carbons (Fsp3) is 0.750. The van der Waals surface area contributed by atoms with Crippen LogP contribution in [0.3, 0.4) is 0 Å². The number of nitrogens with zero attached hydrogens (tertiary/aromatic N) is 3. The first-order chi connectivity index (χ1) is 10.7. The van der Waals surface area contributed by atoms with Crippen LogP contribution in [0.1, 0.15) is 33.1 Å². The normalized spacial score (nSPS) is 28.8. The van der Waals surface area contributed by atoms with Gasteiger partial charge in [0.15, 0.2) is 5.96 Å². The third-order valence-corrected chi connectivity index (χ3v) is 4.39. The van der Waals surface area contributed by atoms with Crippen molar-refractivity contribution in [3.8, 4) is 0 Å². The van der Waals surface area contributed by atoms with Crippen LogP contribution in [0.4, 0.5) is 0 Å². The van der Waals surface area contributed by atoms with Crippen molar-refractivity contribution in [3.63, 3.8) is 0 Å². The minimum atomic E-state index is 0.371. The molecule has 1 aromatic rings. The Hall–Kier alpha value is -1.56. The molecule has 4 unspecified atom stereocenters. The van der Waals surface area contributed by atoms with Gasteiger partial charge in [0.1, 0.15) is 0 Å². The zero-order valence-electron chi connectivity index (χ0n) is 13.5. The minimum absolute atomic E-state index is 0.371. The molecule has 22 heavy (non-hydrogen) atoms. The molecule has 3 rings (SSSR count). The molecule has 0 amide bonds. The van der Waals surface area contributed by atoms with Crippen LogP contribution in [0.2, 0.25) is 0 Å². The minimum Gasteiger partial charge on any atom is -0.373 e. The Labute approximate surface area is 132 Å². The predicted octanol–water partition coefficient (Wildman–Crippen LogP) is 1.39. The molecule has 2 saturated heterocycles. The predicted molar refractivity (Wildman–Crippen MR) is 86.8 cm³/mol. The number of hydrogen-bond donors (Lipinski definition) is 2. The van der Waals surface area contributed by atoms with Crippen LogP contribution in [0.5, 0.6) is 0 Å². The fourth-order valence-corrected chi connectivity index (χ4v) is 3.32. The molecule has 0 aliphatic carbocycles. The molecule has 3 heterocycles. The molecular weight excluding hydrogens is 278 g/mol. The van der Waals surface area contributed by atoms with Crippen molar-refractivity contribution >= 4 is 5.96 Å². The maximum atomic E-state index is 5.90.